The van der Waals surface area contributed by atoms with Crippen LogP contribution in [0.3, 0.4) is 0 Å². The predicted octanol–water partition coefficient (Wildman–Crippen LogP) is 3.66. The molecule has 20 heavy (non-hydrogen) atoms. The first-order valence-corrected chi connectivity index (χ1v) is 7.88. The Morgan fingerprint density at radius 2 is 2.15 bits per heavy atom. The van der Waals surface area contributed by atoms with Gasteiger partial charge in [0.25, 0.3) is 5.91 Å². The van der Waals surface area contributed by atoms with Gasteiger partial charge < -0.3 is 10.6 Å². The van der Waals surface area contributed by atoms with Gasteiger partial charge in [-0.3, -0.25) is 4.79 Å². The molecule has 1 aliphatic rings. The molecule has 3 nitrogen and oxygen atoms in total. The second kappa shape index (κ2) is 4.77. The van der Waals surface area contributed by atoms with E-state index in [1.54, 1.807) is 0 Å². The SMILES string of the molecule is Cc1ccc2c(N)c(C(=O)N3CC(C)CC3C)sc2c1. The summed E-state index contributed by atoms with van der Waals surface area (Å²) in [6.07, 6.45) is 1.08. The van der Waals surface area contributed by atoms with Gasteiger partial charge >= 0.3 is 0 Å². The minimum Gasteiger partial charge on any atom is -0.397 e. The van der Waals surface area contributed by atoms with Crippen LogP contribution in [0.5, 0.6) is 0 Å². The molecule has 3 rings (SSSR count). The molecule has 1 aromatic heterocycles. The molecular weight excluding hydrogens is 268 g/mol. The van der Waals surface area contributed by atoms with Crippen LogP contribution in [-0.2, 0) is 0 Å². The van der Waals surface area contributed by atoms with Gasteiger partial charge in [-0.25, -0.2) is 0 Å². The van der Waals surface area contributed by atoms with E-state index in [-0.39, 0.29) is 5.91 Å². The molecule has 1 aromatic carbocycles. The van der Waals surface area contributed by atoms with Gasteiger partial charge in [0.2, 0.25) is 0 Å². The Morgan fingerprint density at radius 3 is 2.80 bits per heavy atom. The number of thiophene rings is 1. The normalized spacial score (nSPS) is 22.6. The number of nitrogens with zero attached hydrogens (tertiary/aromatic N) is 1. The molecule has 0 aliphatic carbocycles. The fourth-order valence-corrected chi connectivity index (χ4v) is 4.27. The number of fused-ring (bicyclic) bond motifs is 1. The lowest BCUT2D eigenvalue weighted by Gasteiger charge is -2.20. The van der Waals surface area contributed by atoms with Crippen molar-refractivity contribution in [3.63, 3.8) is 0 Å². The largest absolute Gasteiger partial charge is 0.397 e. The van der Waals surface area contributed by atoms with Crippen molar-refractivity contribution >= 4 is 33.0 Å². The Morgan fingerprint density at radius 1 is 1.40 bits per heavy atom. The molecule has 1 saturated heterocycles. The zero-order chi connectivity index (χ0) is 14.4. The van der Waals surface area contributed by atoms with Gasteiger partial charge in [-0.1, -0.05) is 19.1 Å². The average Bonchev–Trinajstić information content (AvgIpc) is 2.89. The fourth-order valence-electron chi connectivity index (χ4n) is 3.10. The predicted molar refractivity (Wildman–Crippen MR) is 85.3 cm³/mol. The fraction of sp³-hybridized carbons (Fsp3) is 0.438. The molecule has 2 N–H and O–H groups in total. The van der Waals surface area contributed by atoms with E-state index in [1.165, 1.54) is 16.9 Å². The van der Waals surface area contributed by atoms with E-state index in [1.807, 2.05) is 17.0 Å². The number of carbonyl (C=O) groups is 1. The maximum atomic E-state index is 12.7. The number of nitrogen functional groups attached to an aromatic ring is 1. The molecule has 0 bridgehead atoms. The number of aryl methyl sites for hydroxylation is 1. The zero-order valence-electron chi connectivity index (χ0n) is 12.1. The molecular formula is C16H20N2OS. The number of carbonyl (C=O) groups excluding carboxylic acids is 1. The van der Waals surface area contributed by atoms with Crippen molar-refractivity contribution in [2.75, 3.05) is 12.3 Å². The van der Waals surface area contributed by atoms with Gasteiger partial charge in [0.05, 0.1) is 5.69 Å². The summed E-state index contributed by atoms with van der Waals surface area (Å²) >= 11 is 1.52. The summed E-state index contributed by atoms with van der Waals surface area (Å²) < 4.78 is 1.10. The zero-order valence-corrected chi connectivity index (χ0v) is 13.0. The van der Waals surface area contributed by atoms with E-state index in [0.29, 0.717) is 22.5 Å². The lowest BCUT2D eigenvalue weighted by atomic mass is 10.1. The molecule has 2 aromatic rings. The van der Waals surface area contributed by atoms with Crippen LogP contribution in [0.1, 0.15) is 35.5 Å². The number of amides is 1. The smallest absolute Gasteiger partial charge is 0.266 e. The molecule has 2 atom stereocenters. The van der Waals surface area contributed by atoms with E-state index in [2.05, 4.69) is 26.8 Å². The minimum atomic E-state index is 0.0956. The number of anilines is 1. The summed E-state index contributed by atoms with van der Waals surface area (Å²) in [7, 11) is 0. The van der Waals surface area contributed by atoms with Crippen molar-refractivity contribution in [1.29, 1.82) is 0 Å². The van der Waals surface area contributed by atoms with E-state index in [0.717, 1.165) is 23.1 Å². The summed E-state index contributed by atoms with van der Waals surface area (Å²) in [5.41, 5.74) is 8.04. The summed E-state index contributed by atoms with van der Waals surface area (Å²) in [6.45, 7) is 7.21. The third-order valence-electron chi connectivity index (χ3n) is 4.12. The van der Waals surface area contributed by atoms with Gasteiger partial charge in [0.1, 0.15) is 4.88 Å². The number of hydrogen-bond acceptors (Lipinski definition) is 3. The molecule has 4 heteroatoms. The van der Waals surface area contributed by atoms with Crippen LogP contribution >= 0.6 is 11.3 Å². The first kappa shape index (κ1) is 13.4. The quantitative estimate of drug-likeness (QED) is 0.870. The van der Waals surface area contributed by atoms with Crippen LogP contribution in [0, 0.1) is 12.8 Å². The van der Waals surface area contributed by atoms with Gasteiger partial charge in [0, 0.05) is 22.7 Å². The lowest BCUT2D eigenvalue weighted by Crippen LogP contribution is -2.33. The number of hydrogen-bond donors (Lipinski definition) is 1. The monoisotopic (exact) mass is 288 g/mol. The van der Waals surface area contributed by atoms with Crippen LogP contribution in [0.2, 0.25) is 0 Å². The van der Waals surface area contributed by atoms with Crippen molar-refractivity contribution in [3.8, 4) is 0 Å². The summed E-state index contributed by atoms with van der Waals surface area (Å²) in [5.74, 6) is 0.671. The van der Waals surface area contributed by atoms with Crippen LogP contribution < -0.4 is 5.73 Å². The Bertz CT molecular complexity index is 676. The Labute approximate surface area is 123 Å². The summed E-state index contributed by atoms with van der Waals surface area (Å²) in [6, 6.07) is 6.47. The Kier molecular flexibility index (Phi) is 3.21. The minimum absolute atomic E-state index is 0.0956. The Balaban J connectivity index is 2.02. The van der Waals surface area contributed by atoms with Gasteiger partial charge in [0.15, 0.2) is 0 Å². The third-order valence-corrected chi connectivity index (χ3v) is 5.28. The highest BCUT2D eigenvalue weighted by Crippen LogP contribution is 2.36. The molecule has 0 radical (unpaired) electrons. The van der Waals surface area contributed by atoms with E-state index >= 15 is 0 Å². The van der Waals surface area contributed by atoms with Gasteiger partial charge in [-0.05, 0) is 37.8 Å². The van der Waals surface area contributed by atoms with Gasteiger partial charge in [-0.15, -0.1) is 11.3 Å². The van der Waals surface area contributed by atoms with Crippen molar-refractivity contribution in [3.05, 3.63) is 28.6 Å². The molecule has 1 aliphatic heterocycles. The van der Waals surface area contributed by atoms with E-state index in [9.17, 15) is 4.79 Å². The molecule has 2 heterocycles. The van der Waals surface area contributed by atoms with Crippen molar-refractivity contribution < 1.29 is 4.79 Å². The van der Waals surface area contributed by atoms with Crippen LogP contribution in [-0.4, -0.2) is 23.4 Å². The molecule has 106 valence electrons. The number of rotatable bonds is 1. The Hall–Kier alpha value is -1.55. The maximum Gasteiger partial charge on any atom is 0.266 e. The van der Waals surface area contributed by atoms with Crippen LogP contribution in [0.15, 0.2) is 18.2 Å². The highest BCUT2D eigenvalue weighted by atomic mass is 32.1. The summed E-state index contributed by atoms with van der Waals surface area (Å²) in [4.78, 5) is 15.4. The maximum absolute atomic E-state index is 12.7. The van der Waals surface area contributed by atoms with Crippen molar-refractivity contribution in [1.82, 2.24) is 4.90 Å². The molecule has 1 amide bonds. The number of likely N-dealkylation sites (tertiary alicyclic amines) is 1. The van der Waals surface area contributed by atoms with Crippen LogP contribution in [0.4, 0.5) is 5.69 Å². The number of benzene rings is 1. The first-order chi connectivity index (χ1) is 9.47. The highest BCUT2D eigenvalue weighted by molar-refractivity contribution is 7.21. The topological polar surface area (TPSA) is 46.3 Å². The second-order valence-electron chi connectivity index (χ2n) is 5.99. The van der Waals surface area contributed by atoms with Crippen molar-refractivity contribution in [2.45, 2.75) is 33.2 Å². The molecule has 2 unspecified atom stereocenters. The second-order valence-corrected chi connectivity index (χ2v) is 7.04. The van der Waals surface area contributed by atoms with Gasteiger partial charge in [-0.2, -0.15) is 0 Å². The summed E-state index contributed by atoms with van der Waals surface area (Å²) in [5, 5.41) is 1.00. The highest BCUT2D eigenvalue weighted by Gasteiger charge is 2.32. The molecule has 1 fully saturated rings. The van der Waals surface area contributed by atoms with E-state index in [4.69, 9.17) is 5.73 Å². The third kappa shape index (κ3) is 2.08. The number of nitrogens with two attached hydrogens (primary N) is 1. The molecule has 0 spiro atoms. The lowest BCUT2D eigenvalue weighted by molar-refractivity contribution is 0.0749. The first-order valence-electron chi connectivity index (χ1n) is 7.07. The average molecular weight is 288 g/mol. The van der Waals surface area contributed by atoms with Crippen LogP contribution in [0.25, 0.3) is 10.1 Å². The van der Waals surface area contributed by atoms with Crippen molar-refractivity contribution in [2.24, 2.45) is 5.92 Å². The molecule has 0 saturated carbocycles. The van der Waals surface area contributed by atoms with E-state index < -0.39 is 0 Å². The standard InChI is InChI=1S/C16H20N2OS/c1-9-4-5-12-13(7-9)20-15(14(12)17)16(19)18-8-10(2)6-11(18)3/h4-5,7,10-11H,6,8,17H2,1-3H3.